The maximum absolute atomic E-state index is 11.0. The summed E-state index contributed by atoms with van der Waals surface area (Å²) in [5.41, 5.74) is 11.2. The van der Waals surface area contributed by atoms with Crippen molar-refractivity contribution >= 4 is 7.82 Å². The molecule has 30 heavy (non-hydrogen) atoms. The fourth-order valence-corrected chi connectivity index (χ4v) is 5.48. The van der Waals surface area contributed by atoms with Gasteiger partial charge in [0, 0.05) is 17.9 Å². The third-order valence-corrected chi connectivity index (χ3v) is 7.23. The Balaban J connectivity index is 1.34. The first-order valence-electron chi connectivity index (χ1n) is 10.8. The van der Waals surface area contributed by atoms with Crippen molar-refractivity contribution < 1.29 is 18.9 Å². The number of aromatic nitrogens is 1. The highest BCUT2D eigenvalue weighted by atomic mass is 31.2. The van der Waals surface area contributed by atoms with E-state index in [4.69, 9.17) is 20.0 Å². The highest BCUT2D eigenvalue weighted by Gasteiger charge is 2.38. The summed E-state index contributed by atoms with van der Waals surface area (Å²) in [5.74, 6) is 1.04. The standard InChI is InChI=1S/C23H31N2O4P/c24-23(16-29-30(26,27)28)10-9-22(14-23)21-8-7-19-12-17(5-6-20(19)13-21)3-4-18-2-1-11-25-15-18/h1-2,7-8,11,13,15,17,22H,3-6,9-10,12,14,16,24H2,(H2,26,27,28)/t17-,22+,23-/m0/s1. The number of nitrogens with zero attached hydrogens (tertiary/aromatic N) is 1. The Morgan fingerprint density at radius 1 is 1.23 bits per heavy atom. The summed E-state index contributed by atoms with van der Waals surface area (Å²) in [5, 5.41) is 0. The van der Waals surface area contributed by atoms with Crippen molar-refractivity contribution in [2.75, 3.05) is 6.61 Å². The molecule has 2 aliphatic carbocycles. The van der Waals surface area contributed by atoms with Crippen LogP contribution >= 0.6 is 7.82 Å². The first-order valence-corrected chi connectivity index (χ1v) is 12.3. The fraction of sp³-hybridized carbons (Fsp3) is 0.522. The third kappa shape index (κ3) is 5.57. The van der Waals surface area contributed by atoms with Gasteiger partial charge in [0.15, 0.2) is 0 Å². The molecule has 0 spiro atoms. The van der Waals surface area contributed by atoms with Crippen molar-refractivity contribution in [1.29, 1.82) is 0 Å². The first kappa shape index (κ1) is 21.7. The van der Waals surface area contributed by atoms with Gasteiger partial charge in [0.05, 0.1) is 6.61 Å². The van der Waals surface area contributed by atoms with Gasteiger partial charge in [0.2, 0.25) is 0 Å². The molecule has 4 N–H and O–H groups in total. The quantitative estimate of drug-likeness (QED) is 0.576. The van der Waals surface area contributed by atoms with E-state index in [1.807, 2.05) is 18.5 Å². The van der Waals surface area contributed by atoms with Crippen molar-refractivity contribution in [3.8, 4) is 0 Å². The lowest BCUT2D eigenvalue weighted by Gasteiger charge is -2.27. The molecule has 1 saturated carbocycles. The summed E-state index contributed by atoms with van der Waals surface area (Å²) in [4.78, 5) is 22.1. The Morgan fingerprint density at radius 2 is 2.10 bits per heavy atom. The van der Waals surface area contributed by atoms with Gasteiger partial charge in [-0.3, -0.25) is 9.51 Å². The number of hydrogen-bond donors (Lipinski definition) is 3. The molecule has 162 valence electrons. The van der Waals surface area contributed by atoms with E-state index in [1.165, 1.54) is 35.1 Å². The van der Waals surface area contributed by atoms with E-state index >= 15 is 0 Å². The Morgan fingerprint density at radius 3 is 2.87 bits per heavy atom. The van der Waals surface area contributed by atoms with Crippen LogP contribution in [0, 0.1) is 5.92 Å². The molecule has 4 rings (SSSR count). The van der Waals surface area contributed by atoms with Crippen LogP contribution in [0.25, 0.3) is 0 Å². The highest BCUT2D eigenvalue weighted by molar-refractivity contribution is 7.46. The molecule has 1 heterocycles. The van der Waals surface area contributed by atoms with Crippen LogP contribution in [0.5, 0.6) is 0 Å². The lowest BCUT2D eigenvalue weighted by Crippen LogP contribution is -2.41. The highest BCUT2D eigenvalue weighted by Crippen LogP contribution is 2.44. The molecule has 0 amide bonds. The smallest absolute Gasteiger partial charge is 0.323 e. The number of aryl methyl sites for hydroxylation is 2. The van der Waals surface area contributed by atoms with Crippen LogP contribution in [0.1, 0.15) is 60.3 Å². The second-order valence-electron chi connectivity index (χ2n) is 9.10. The van der Waals surface area contributed by atoms with Crippen molar-refractivity contribution in [2.45, 2.75) is 62.8 Å². The summed E-state index contributed by atoms with van der Waals surface area (Å²) in [6.45, 7) is -0.0999. The van der Waals surface area contributed by atoms with Crippen LogP contribution < -0.4 is 5.73 Å². The summed E-state index contributed by atoms with van der Waals surface area (Å²) >= 11 is 0. The van der Waals surface area contributed by atoms with E-state index in [1.54, 1.807) is 0 Å². The average Bonchev–Trinajstić information content (AvgIpc) is 3.13. The summed E-state index contributed by atoms with van der Waals surface area (Å²) in [6.07, 6.45) is 11.9. The van der Waals surface area contributed by atoms with Gasteiger partial charge in [-0.05, 0) is 91.5 Å². The minimum atomic E-state index is -4.48. The number of phosphoric acid groups is 1. The Hall–Kier alpha value is -1.56. The predicted octanol–water partition coefficient (Wildman–Crippen LogP) is 3.89. The van der Waals surface area contributed by atoms with Crippen molar-refractivity contribution in [3.63, 3.8) is 0 Å². The monoisotopic (exact) mass is 430 g/mol. The average molecular weight is 430 g/mol. The number of fused-ring (bicyclic) bond motifs is 1. The largest absolute Gasteiger partial charge is 0.469 e. The van der Waals surface area contributed by atoms with Gasteiger partial charge in [-0.15, -0.1) is 0 Å². The fourth-order valence-electron chi connectivity index (χ4n) is 5.05. The molecule has 0 saturated heterocycles. The minimum Gasteiger partial charge on any atom is -0.323 e. The number of nitrogens with two attached hydrogens (primary N) is 1. The molecule has 1 aromatic heterocycles. The number of hydrogen-bond acceptors (Lipinski definition) is 4. The Bertz CT molecular complexity index is 917. The second kappa shape index (κ2) is 8.89. The molecule has 2 aromatic rings. The number of benzene rings is 1. The second-order valence-corrected chi connectivity index (χ2v) is 10.3. The Labute approximate surface area is 178 Å². The van der Waals surface area contributed by atoms with Crippen LogP contribution in [0.4, 0.5) is 0 Å². The van der Waals surface area contributed by atoms with Gasteiger partial charge in [-0.1, -0.05) is 24.3 Å². The third-order valence-electron chi connectivity index (χ3n) is 6.76. The predicted molar refractivity (Wildman–Crippen MR) is 116 cm³/mol. The molecule has 1 fully saturated rings. The topological polar surface area (TPSA) is 106 Å². The van der Waals surface area contributed by atoms with E-state index in [0.717, 1.165) is 31.6 Å². The van der Waals surface area contributed by atoms with Crippen molar-refractivity contribution in [3.05, 3.63) is 65.0 Å². The minimum absolute atomic E-state index is 0.0999. The summed E-state index contributed by atoms with van der Waals surface area (Å²) in [7, 11) is -4.48. The normalized spacial score (nSPS) is 26.5. The number of rotatable bonds is 7. The van der Waals surface area contributed by atoms with Gasteiger partial charge < -0.3 is 15.5 Å². The maximum atomic E-state index is 11.0. The van der Waals surface area contributed by atoms with Crippen LogP contribution in [0.15, 0.2) is 42.7 Å². The van der Waals surface area contributed by atoms with Crippen LogP contribution in [-0.2, 0) is 28.4 Å². The van der Waals surface area contributed by atoms with Gasteiger partial charge in [-0.2, -0.15) is 0 Å². The molecular formula is C23H31N2O4P. The lowest BCUT2D eigenvalue weighted by molar-refractivity contribution is 0.153. The van der Waals surface area contributed by atoms with E-state index in [2.05, 4.69) is 29.2 Å². The van der Waals surface area contributed by atoms with Gasteiger partial charge in [0.1, 0.15) is 0 Å². The molecule has 7 heteroatoms. The molecule has 0 radical (unpaired) electrons. The van der Waals surface area contributed by atoms with E-state index in [-0.39, 0.29) is 6.61 Å². The summed E-state index contributed by atoms with van der Waals surface area (Å²) in [6, 6.07) is 11.0. The number of phosphoric ester groups is 1. The maximum Gasteiger partial charge on any atom is 0.469 e. The van der Waals surface area contributed by atoms with E-state index in [0.29, 0.717) is 18.8 Å². The van der Waals surface area contributed by atoms with Crippen molar-refractivity contribution in [2.24, 2.45) is 11.7 Å². The lowest BCUT2D eigenvalue weighted by atomic mass is 9.79. The molecular weight excluding hydrogens is 399 g/mol. The van der Waals surface area contributed by atoms with Gasteiger partial charge >= 0.3 is 7.82 Å². The molecule has 3 atom stereocenters. The molecule has 6 nitrogen and oxygen atoms in total. The SMILES string of the molecule is N[C@@]1(COP(=O)(O)O)CC[C@@H](c2ccc3c(c2)CC[C@H](CCc2cccnc2)C3)C1. The molecule has 1 aromatic carbocycles. The van der Waals surface area contributed by atoms with Gasteiger partial charge in [0.25, 0.3) is 0 Å². The van der Waals surface area contributed by atoms with Gasteiger partial charge in [-0.25, -0.2) is 4.57 Å². The number of pyridine rings is 1. The van der Waals surface area contributed by atoms with Crippen LogP contribution in [0.2, 0.25) is 0 Å². The van der Waals surface area contributed by atoms with E-state index in [9.17, 15) is 4.57 Å². The molecule has 2 aliphatic rings. The van der Waals surface area contributed by atoms with Crippen molar-refractivity contribution in [1.82, 2.24) is 4.98 Å². The zero-order valence-electron chi connectivity index (χ0n) is 17.2. The first-order chi connectivity index (χ1) is 14.3. The molecule has 0 aliphatic heterocycles. The van der Waals surface area contributed by atoms with Crippen LogP contribution in [-0.4, -0.2) is 26.9 Å². The molecule has 0 bridgehead atoms. The summed E-state index contributed by atoms with van der Waals surface area (Å²) < 4.78 is 15.7. The zero-order chi connectivity index (χ0) is 21.2. The van der Waals surface area contributed by atoms with Crippen LogP contribution in [0.3, 0.4) is 0 Å². The van der Waals surface area contributed by atoms with E-state index < -0.39 is 13.4 Å². The zero-order valence-corrected chi connectivity index (χ0v) is 18.1. The Kier molecular flexibility index (Phi) is 6.42. The molecule has 0 unspecified atom stereocenters.